The van der Waals surface area contributed by atoms with E-state index in [9.17, 15) is 24.3 Å². The second-order valence-electron chi connectivity index (χ2n) is 14.1. The van der Waals surface area contributed by atoms with Crippen LogP contribution >= 0.6 is 0 Å². The first kappa shape index (κ1) is 38.0. The minimum absolute atomic E-state index is 0.00994. The molecule has 9 unspecified atom stereocenters. The van der Waals surface area contributed by atoms with Crippen LogP contribution < -0.4 is 5.32 Å². The lowest BCUT2D eigenvalue weighted by molar-refractivity contribution is -0.295. The van der Waals surface area contributed by atoms with Gasteiger partial charge in [0.05, 0.1) is 23.9 Å². The molecule has 0 aliphatic carbocycles. The van der Waals surface area contributed by atoms with E-state index in [0.29, 0.717) is 12.8 Å². The summed E-state index contributed by atoms with van der Waals surface area (Å²) in [6.45, 7) is 14.3. The van der Waals surface area contributed by atoms with Crippen LogP contribution in [0, 0.1) is 17.8 Å². The molecule has 3 saturated heterocycles. The average molecular weight is 657 g/mol. The van der Waals surface area contributed by atoms with Crippen LogP contribution in [0.15, 0.2) is 12.7 Å². The molecule has 0 aromatic carbocycles. The SMILES string of the molecule is C=CCC[C@H]1OC(=O)C(C)(F)C(=O)[C@H](C)C(OC2OC(C)CC(N(C)C)C2O)C(C)(OC)C[C@@H](C)C(=O)[C@H](C)C2NC(=O)OC21C. The molecule has 46 heavy (non-hydrogen) atoms. The topological polar surface area (TPSA) is 150 Å². The first-order chi connectivity index (χ1) is 21.2. The van der Waals surface area contributed by atoms with E-state index in [2.05, 4.69) is 11.9 Å². The number of halogens is 1. The number of likely N-dealkylation sites (N-methyl/N-ethyl adjacent to an activating group) is 1. The van der Waals surface area contributed by atoms with Gasteiger partial charge in [0.2, 0.25) is 0 Å². The number of allylic oxidation sites excluding steroid dienone is 1. The molecular weight excluding hydrogens is 603 g/mol. The molecule has 3 fully saturated rings. The van der Waals surface area contributed by atoms with Crippen molar-refractivity contribution in [3.8, 4) is 0 Å². The van der Waals surface area contributed by atoms with Crippen LogP contribution in [-0.4, -0.2) is 115 Å². The van der Waals surface area contributed by atoms with E-state index < -0.39 is 83.1 Å². The highest BCUT2D eigenvalue weighted by Crippen LogP contribution is 2.41. The lowest BCUT2D eigenvalue weighted by Crippen LogP contribution is -2.61. The van der Waals surface area contributed by atoms with Gasteiger partial charge in [-0.25, -0.2) is 14.0 Å². The van der Waals surface area contributed by atoms with Crippen molar-refractivity contribution < 1.29 is 52.4 Å². The maximum absolute atomic E-state index is 16.5. The Hall–Kier alpha value is -2.45. The highest BCUT2D eigenvalue weighted by Gasteiger charge is 2.59. The predicted octanol–water partition coefficient (Wildman–Crippen LogP) is 3.13. The summed E-state index contributed by atoms with van der Waals surface area (Å²) < 4.78 is 46.2. The summed E-state index contributed by atoms with van der Waals surface area (Å²) in [4.78, 5) is 56.0. The van der Waals surface area contributed by atoms with E-state index in [1.54, 1.807) is 26.8 Å². The molecule has 0 saturated carbocycles. The number of carbonyl (C=O) groups is 4. The average Bonchev–Trinajstić information content (AvgIpc) is 3.31. The molecule has 13 heteroatoms. The number of Topliss-reactive ketones (excluding diaryl/α,β-unsaturated/α-hetero) is 2. The van der Waals surface area contributed by atoms with Crippen molar-refractivity contribution in [3.05, 3.63) is 12.7 Å². The number of nitrogens with one attached hydrogen (secondary N) is 1. The Balaban J connectivity index is 2.15. The molecule has 0 aromatic rings. The van der Waals surface area contributed by atoms with Crippen molar-refractivity contribution in [3.63, 3.8) is 0 Å². The number of esters is 1. The molecule has 1 amide bonds. The Kier molecular flexibility index (Phi) is 11.9. The predicted molar refractivity (Wildman–Crippen MR) is 165 cm³/mol. The van der Waals surface area contributed by atoms with Crippen LogP contribution in [0.5, 0.6) is 0 Å². The van der Waals surface area contributed by atoms with E-state index >= 15 is 4.39 Å². The molecule has 3 heterocycles. The van der Waals surface area contributed by atoms with E-state index in [1.165, 1.54) is 21.0 Å². The number of hydrogen-bond acceptors (Lipinski definition) is 11. The maximum atomic E-state index is 16.5. The number of amides is 1. The quantitative estimate of drug-likeness (QED) is 0.236. The van der Waals surface area contributed by atoms with Crippen LogP contribution in [0.3, 0.4) is 0 Å². The van der Waals surface area contributed by atoms with Gasteiger partial charge in [0.25, 0.3) is 5.67 Å². The maximum Gasteiger partial charge on any atom is 0.408 e. The largest absolute Gasteiger partial charge is 0.455 e. The molecule has 0 radical (unpaired) electrons. The van der Waals surface area contributed by atoms with Crippen molar-refractivity contribution in [2.45, 2.75) is 134 Å². The third-order valence-corrected chi connectivity index (χ3v) is 10.2. The van der Waals surface area contributed by atoms with Gasteiger partial charge in [-0.3, -0.25) is 9.59 Å². The van der Waals surface area contributed by atoms with E-state index in [4.69, 9.17) is 23.7 Å². The summed E-state index contributed by atoms with van der Waals surface area (Å²) in [5.41, 5.74) is -6.15. The summed E-state index contributed by atoms with van der Waals surface area (Å²) >= 11 is 0. The number of ether oxygens (including phenoxy) is 5. The number of aliphatic hydroxyl groups is 1. The number of alkyl carbamates (subject to hydrolysis) is 1. The van der Waals surface area contributed by atoms with E-state index in [0.717, 1.165) is 6.92 Å². The van der Waals surface area contributed by atoms with E-state index in [-0.39, 0.29) is 30.8 Å². The van der Waals surface area contributed by atoms with Crippen molar-refractivity contribution in [1.29, 1.82) is 0 Å². The minimum atomic E-state index is -3.16. The number of methoxy groups -OCH3 is 1. The summed E-state index contributed by atoms with van der Waals surface area (Å²) in [7, 11) is 5.02. The molecule has 0 spiro atoms. The number of alkyl halides is 1. The van der Waals surface area contributed by atoms with Crippen LogP contribution in [0.2, 0.25) is 0 Å². The smallest absolute Gasteiger partial charge is 0.408 e. The van der Waals surface area contributed by atoms with Crippen LogP contribution in [0.4, 0.5) is 9.18 Å². The van der Waals surface area contributed by atoms with Crippen molar-refractivity contribution in [2.75, 3.05) is 21.2 Å². The van der Waals surface area contributed by atoms with Gasteiger partial charge in [0, 0.05) is 30.9 Å². The van der Waals surface area contributed by atoms with Crippen LogP contribution in [-0.2, 0) is 38.1 Å². The minimum Gasteiger partial charge on any atom is -0.455 e. The fraction of sp³-hybridized carbons (Fsp3) is 0.818. The Bertz CT molecular complexity index is 1170. The summed E-state index contributed by atoms with van der Waals surface area (Å²) in [5, 5.41) is 13.9. The fourth-order valence-corrected chi connectivity index (χ4v) is 7.31. The summed E-state index contributed by atoms with van der Waals surface area (Å²) in [5.74, 6) is -5.76. The standard InChI is InChI=1S/C33H53FN2O10/c1-12-13-14-22-33(8)25(35-30(41)46-33)19(4)23(37)17(2)16-31(6,42-11)27(20(5)26(39)32(7,34)29(40)44-22)45-28-24(38)21(36(9)10)15-18(3)43-28/h12,17-22,24-25,27-28,38H,1,13-16H2,2-11H3,(H,35,41)/t17-,18?,19+,20+,21?,22-,24?,25?,27?,28?,31?,32?,33?/m1/s1. The molecular formula is C33H53FN2O10. The lowest BCUT2D eigenvalue weighted by atomic mass is 9.73. The van der Waals surface area contributed by atoms with Crippen molar-refractivity contribution in [2.24, 2.45) is 17.8 Å². The van der Waals surface area contributed by atoms with Gasteiger partial charge < -0.3 is 39.0 Å². The second-order valence-corrected chi connectivity index (χ2v) is 14.1. The molecule has 3 rings (SSSR count). The molecule has 0 bridgehead atoms. The molecule has 0 aromatic heterocycles. The first-order valence-electron chi connectivity index (χ1n) is 16.0. The Morgan fingerprint density at radius 1 is 1.11 bits per heavy atom. The number of aliphatic hydroxyl groups excluding tert-OH is 1. The fourth-order valence-electron chi connectivity index (χ4n) is 7.31. The van der Waals surface area contributed by atoms with Gasteiger partial charge in [0.15, 0.2) is 17.7 Å². The second kappa shape index (κ2) is 14.3. The van der Waals surface area contributed by atoms with Gasteiger partial charge in [0.1, 0.15) is 18.0 Å². The third-order valence-electron chi connectivity index (χ3n) is 10.2. The summed E-state index contributed by atoms with van der Waals surface area (Å²) in [6.07, 6.45) is -3.54. The molecule has 13 atom stereocenters. The zero-order chi connectivity index (χ0) is 34.9. The number of ketones is 2. The van der Waals surface area contributed by atoms with Crippen molar-refractivity contribution in [1.82, 2.24) is 10.2 Å². The Morgan fingerprint density at radius 2 is 1.74 bits per heavy atom. The van der Waals surface area contributed by atoms with Gasteiger partial charge in [-0.05, 0) is 67.5 Å². The Morgan fingerprint density at radius 3 is 2.30 bits per heavy atom. The van der Waals surface area contributed by atoms with Crippen LogP contribution in [0.25, 0.3) is 0 Å². The van der Waals surface area contributed by atoms with Crippen molar-refractivity contribution >= 4 is 23.6 Å². The zero-order valence-corrected chi connectivity index (χ0v) is 28.8. The Labute approximate surface area is 271 Å². The zero-order valence-electron chi connectivity index (χ0n) is 28.8. The molecule has 2 N–H and O–H groups in total. The highest BCUT2D eigenvalue weighted by molar-refractivity contribution is 6.07. The number of rotatable bonds is 7. The van der Waals surface area contributed by atoms with Crippen LogP contribution in [0.1, 0.15) is 74.1 Å². The molecule has 3 aliphatic heterocycles. The monoisotopic (exact) mass is 656 g/mol. The third kappa shape index (κ3) is 7.33. The number of cyclic esters (lactones) is 1. The van der Waals surface area contributed by atoms with Gasteiger partial charge in [-0.2, -0.15) is 0 Å². The van der Waals surface area contributed by atoms with Gasteiger partial charge >= 0.3 is 12.1 Å². The van der Waals surface area contributed by atoms with Gasteiger partial charge in [-0.1, -0.05) is 26.8 Å². The molecule has 3 aliphatic rings. The number of carbonyl (C=O) groups excluding carboxylic acids is 4. The number of hydrogen-bond donors (Lipinski definition) is 2. The van der Waals surface area contributed by atoms with Gasteiger partial charge in [-0.15, -0.1) is 6.58 Å². The highest BCUT2D eigenvalue weighted by atomic mass is 19.1. The molecule has 12 nitrogen and oxygen atoms in total. The van der Waals surface area contributed by atoms with E-state index in [1.807, 2.05) is 25.9 Å². The number of nitrogens with zero attached hydrogens (tertiary/aromatic N) is 1. The normalized spacial score (nSPS) is 44.5. The molecule has 262 valence electrons. The summed E-state index contributed by atoms with van der Waals surface area (Å²) in [6, 6.07) is -1.29. The first-order valence-corrected chi connectivity index (χ1v) is 16.0. The lowest BCUT2D eigenvalue weighted by Gasteiger charge is -2.47. The number of fused-ring (bicyclic) bond motifs is 1.